The molecule has 1 aromatic rings. The molecular weight excluding hydrogens is 258 g/mol. The van der Waals surface area contributed by atoms with Gasteiger partial charge < -0.3 is 14.9 Å². The van der Waals surface area contributed by atoms with E-state index in [1.54, 1.807) is 19.1 Å². The van der Waals surface area contributed by atoms with Gasteiger partial charge in [0.05, 0.1) is 11.0 Å². The quantitative estimate of drug-likeness (QED) is 0.672. The van der Waals surface area contributed by atoms with Gasteiger partial charge in [-0.15, -0.1) is 0 Å². The molecule has 1 N–H and O–H groups in total. The van der Waals surface area contributed by atoms with Crippen LogP contribution in [0.4, 0.5) is 11.4 Å². The Labute approximate surface area is 118 Å². The monoisotopic (exact) mass is 279 g/mol. The zero-order valence-corrected chi connectivity index (χ0v) is 12.1. The fraction of sp³-hybridized carbons (Fsp3) is 0.571. The number of aliphatic hydroxyl groups is 1. The molecule has 0 saturated carbocycles. The lowest BCUT2D eigenvalue weighted by Gasteiger charge is -2.22. The summed E-state index contributed by atoms with van der Waals surface area (Å²) in [4.78, 5) is 15.1. The maximum Gasteiger partial charge on any atom is 0.292 e. The van der Waals surface area contributed by atoms with Gasteiger partial charge in [-0.05, 0) is 39.1 Å². The molecule has 2 rings (SSSR count). The van der Waals surface area contributed by atoms with E-state index in [-0.39, 0.29) is 10.6 Å². The summed E-state index contributed by atoms with van der Waals surface area (Å²) >= 11 is 0. The summed E-state index contributed by atoms with van der Waals surface area (Å²) in [6.07, 6.45) is 0.304. The number of anilines is 1. The van der Waals surface area contributed by atoms with Crippen molar-refractivity contribution in [2.45, 2.75) is 25.5 Å². The first-order valence-electron chi connectivity index (χ1n) is 6.78. The van der Waals surface area contributed by atoms with Crippen LogP contribution in [-0.2, 0) is 0 Å². The Morgan fingerprint density at radius 2 is 2.20 bits per heavy atom. The van der Waals surface area contributed by atoms with E-state index >= 15 is 0 Å². The number of nitrogens with zero attached hydrogens (tertiary/aromatic N) is 3. The molecule has 0 amide bonds. The van der Waals surface area contributed by atoms with Gasteiger partial charge in [-0.25, -0.2) is 0 Å². The van der Waals surface area contributed by atoms with E-state index in [1.807, 2.05) is 14.1 Å². The molecule has 6 nitrogen and oxygen atoms in total. The largest absolute Gasteiger partial charge is 0.389 e. The predicted molar refractivity (Wildman–Crippen MR) is 78.0 cm³/mol. The van der Waals surface area contributed by atoms with Crippen molar-refractivity contribution >= 4 is 11.4 Å². The highest BCUT2D eigenvalue weighted by atomic mass is 16.6. The zero-order chi connectivity index (χ0) is 14.9. The molecule has 6 heteroatoms. The SMILES string of the molecule is C[C@@H](O)c1ccc(N2CCC(N(C)C)C2)c([N+](=O)[O-])c1. The Bertz CT molecular complexity index is 502. The van der Waals surface area contributed by atoms with Crippen LogP contribution >= 0.6 is 0 Å². The molecule has 0 spiro atoms. The van der Waals surface area contributed by atoms with Crippen molar-refractivity contribution in [2.24, 2.45) is 0 Å². The minimum absolute atomic E-state index is 0.0720. The third kappa shape index (κ3) is 2.91. The highest BCUT2D eigenvalue weighted by Gasteiger charge is 2.28. The number of aliphatic hydroxyl groups excluding tert-OH is 1. The molecule has 1 heterocycles. The van der Waals surface area contributed by atoms with Gasteiger partial charge in [0, 0.05) is 25.2 Å². The molecule has 0 aromatic heterocycles. The number of benzene rings is 1. The van der Waals surface area contributed by atoms with Crippen molar-refractivity contribution in [2.75, 3.05) is 32.1 Å². The number of rotatable bonds is 4. The van der Waals surface area contributed by atoms with E-state index in [9.17, 15) is 15.2 Å². The van der Waals surface area contributed by atoms with Gasteiger partial charge >= 0.3 is 0 Å². The van der Waals surface area contributed by atoms with E-state index in [0.29, 0.717) is 17.3 Å². The lowest BCUT2D eigenvalue weighted by molar-refractivity contribution is -0.384. The Balaban J connectivity index is 2.30. The molecule has 110 valence electrons. The van der Waals surface area contributed by atoms with Crippen molar-refractivity contribution in [3.05, 3.63) is 33.9 Å². The molecular formula is C14H21N3O3. The van der Waals surface area contributed by atoms with Crippen molar-refractivity contribution < 1.29 is 10.0 Å². The molecule has 0 radical (unpaired) electrons. The lowest BCUT2D eigenvalue weighted by Crippen LogP contribution is -2.31. The van der Waals surface area contributed by atoms with Crippen LogP contribution < -0.4 is 4.90 Å². The second kappa shape index (κ2) is 5.76. The van der Waals surface area contributed by atoms with Gasteiger partial charge in [0.1, 0.15) is 5.69 Å². The summed E-state index contributed by atoms with van der Waals surface area (Å²) in [5, 5.41) is 20.8. The molecule has 1 aliphatic heterocycles. The van der Waals surface area contributed by atoms with Crippen molar-refractivity contribution in [3.63, 3.8) is 0 Å². The lowest BCUT2D eigenvalue weighted by atomic mass is 10.1. The van der Waals surface area contributed by atoms with Crippen LogP contribution in [0.1, 0.15) is 25.0 Å². The summed E-state index contributed by atoms with van der Waals surface area (Å²) in [6.45, 7) is 3.22. The summed E-state index contributed by atoms with van der Waals surface area (Å²) in [5.74, 6) is 0. The molecule has 1 saturated heterocycles. The topological polar surface area (TPSA) is 69.8 Å². The molecule has 1 unspecified atom stereocenters. The summed E-state index contributed by atoms with van der Waals surface area (Å²) < 4.78 is 0. The van der Waals surface area contributed by atoms with E-state index in [1.165, 1.54) is 6.07 Å². The standard InChI is InChI=1S/C14H21N3O3/c1-10(18)11-4-5-13(14(8-11)17(19)20)16-7-6-12(9-16)15(2)3/h4-5,8,10,12,18H,6-7,9H2,1-3H3/t10-,12?/m1/s1. The maximum atomic E-state index is 11.3. The van der Waals surface area contributed by atoms with E-state index in [2.05, 4.69) is 9.80 Å². The zero-order valence-electron chi connectivity index (χ0n) is 12.1. The smallest absolute Gasteiger partial charge is 0.292 e. The van der Waals surface area contributed by atoms with Gasteiger partial charge in [-0.3, -0.25) is 10.1 Å². The Morgan fingerprint density at radius 3 is 2.70 bits per heavy atom. The minimum atomic E-state index is -0.698. The molecule has 0 bridgehead atoms. The first kappa shape index (κ1) is 14.7. The van der Waals surface area contributed by atoms with Crippen LogP contribution in [0.5, 0.6) is 0 Å². The Morgan fingerprint density at radius 1 is 1.50 bits per heavy atom. The van der Waals surface area contributed by atoms with Crippen molar-refractivity contribution in [1.82, 2.24) is 4.90 Å². The predicted octanol–water partition coefficient (Wildman–Crippen LogP) is 1.79. The summed E-state index contributed by atoms with van der Waals surface area (Å²) in [6, 6.07) is 5.41. The average molecular weight is 279 g/mol. The third-order valence-electron chi connectivity index (χ3n) is 3.91. The number of likely N-dealkylation sites (N-methyl/N-ethyl adjacent to an activating group) is 1. The van der Waals surface area contributed by atoms with Crippen molar-refractivity contribution in [1.29, 1.82) is 0 Å². The van der Waals surface area contributed by atoms with Crippen LogP contribution in [0.25, 0.3) is 0 Å². The Hall–Kier alpha value is -1.66. The molecule has 20 heavy (non-hydrogen) atoms. The second-order valence-electron chi connectivity index (χ2n) is 5.53. The molecule has 0 aliphatic carbocycles. The third-order valence-corrected chi connectivity index (χ3v) is 3.91. The molecule has 1 fully saturated rings. The van der Waals surface area contributed by atoms with Crippen LogP contribution in [-0.4, -0.2) is 48.2 Å². The highest BCUT2D eigenvalue weighted by molar-refractivity contribution is 5.65. The number of hydrogen-bond donors (Lipinski definition) is 1. The molecule has 1 aromatic carbocycles. The first-order valence-corrected chi connectivity index (χ1v) is 6.78. The highest BCUT2D eigenvalue weighted by Crippen LogP contribution is 2.33. The average Bonchev–Trinajstić information content (AvgIpc) is 2.87. The van der Waals surface area contributed by atoms with Gasteiger partial charge in [0.25, 0.3) is 5.69 Å². The maximum absolute atomic E-state index is 11.3. The van der Waals surface area contributed by atoms with E-state index in [4.69, 9.17) is 0 Å². The second-order valence-corrected chi connectivity index (χ2v) is 5.53. The van der Waals surface area contributed by atoms with Crippen LogP contribution in [0.3, 0.4) is 0 Å². The van der Waals surface area contributed by atoms with E-state index in [0.717, 1.165) is 19.5 Å². The summed E-state index contributed by atoms with van der Waals surface area (Å²) in [5.41, 5.74) is 1.29. The van der Waals surface area contributed by atoms with Crippen LogP contribution in [0.2, 0.25) is 0 Å². The van der Waals surface area contributed by atoms with Crippen LogP contribution in [0.15, 0.2) is 18.2 Å². The summed E-state index contributed by atoms with van der Waals surface area (Å²) in [7, 11) is 4.05. The molecule has 2 atom stereocenters. The van der Waals surface area contributed by atoms with Crippen LogP contribution in [0, 0.1) is 10.1 Å². The number of hydrogen-bond acceptors (Lipinski definition) is 5. The van der Waals surface area contributed by atoms with E-state index < -0.39 is 6.10 Å². The Kier molecular flexibility index (Phi) is 4.25. The molecule has 1 aliphatic rings. The van der Waals surface area contributed by atoms with Gasteiger partial charge in [0.15, 0.2) is 0 Å². The van der Waals surface area contributed by atoms with Gasteiger partial charge in [-0.2, -0.15) is 0 Å². The number of nitro benzene ring substituents is 1. The van der Waals surface area contributed by atoms with Gasteiger partial charge in [0.2, 0.25) is 0 Å². The minimum Gasteiger partial charge on any atom is -0.389 e. The normalized spacial score (nSPS) is 20.4. The number of nitro groups is 1. The fourth-order valence-corrected chi connectivity index (χ4v) is 2.60. The van der Waals surface area contributed by atoms with Crippen molar-refractivity contribution in [3.8, 4) is 0 Å². The first-order chi connectivity index (χ1) is 9.40. The fourth-order valence-electron chi connectivity index (χ4n) is 2.60. The van der Waals surface area contributed by atoms with Gasteiger partial charge in [-0.1, -0.05) is 6.07 Å².